The molecule has 1 aromatic heterocycles. The van der Waals surface area contributed by atoms with Crippen LogP contribution in [0.4, 0.5) is 0 Å². The molecule has 0 radical (unpaired) electrons. The molecule has 114 valence electrons. The predicted octanol–water partition coefficient (Wildman–Crippen LogP) is 2.72. The summed E-state index contributed by atoms with van der Waals surface area (Å²) >= 11 is 0. The fourth-order valence-electron chi connectivity index (χ4n) is 2.24. The van der Waals surface area contributed by atoms with Gasteiger partial charge < -0.3 is 15.2 Å². The number of rotatable bonds is 6. The molecule has 0 saturated carbocycles. The van der Waals surface area contributed by atoms with E-state index in [-0.39, 0.29) is 6.04 Å². The molecule has 0 spiro atoms. The minimum atomic E-state index is -0.189. The zero-order chi connectivity index (χ0) is 15.4. The highest BCUT2D eigenvalue weighted by Gasteiger charge is 2.15. The van der Waals surface area contributed by atoms with Gasteiger partial charge in [-0.05, 0) is 38.1 Å². The van der Waals surface area contributed by atoms with Crippen LogP contribution >= 0.6 is 0 Å². The third kappa shape index (κ3) is 3.55. The van der Waals surface area contributed by atoms with E-state index in [0.717, 1.165) is 22.8 Å². The van der Waals surface area contributed by atoms with E-state index in [1.807, 2.05) is 35.1 Å². The highest BCUT2D eigenvalue weighted by atomic mass is 16.5. The number of hydrogen-bond donors (Lipinski definition) is 1. The molecular weight excluding hydrogens is 266 g/mol. The molecule has 5 heteroatoms. The first kappa shape index (κ1) is 15.4. The average Bonchev–Trinajstić information content (AvgIpc) is 2.95. The third-order valence-electron chi connectivity index (χ3n) is 3.46. The van der Waals surface area contributed by atoms with E-state index in [2.05, 4.69) is 18.9 Å². The Morgan fingerprint density at radius 1 is 1.19 bits per heavy atom. The molecule has 0 fully saturated rings. The van der Waals surface area contributed by atoms with Gasteiger partial charge in [-0.3, -0.25) is 4.68 Å². The molecule has 2 rings (SSSR count). The van der Waals surface area contributed by atoms with Gasteiger partial charge in [0.2, 0.25) is 0 Å². The number of ether oxygens (including phenoxy) is 2. The van der Waals surface area contributed by atoms with Crippen molar-refractivity contribution in [1.29, 1.82) is 0 Å². The largest absolute Gasteiger partial charge is 0.497 e. The average molecular weight is 289 g/mol. The Labute approximate surface area is 125 Å². The van der Waals surface area contributed by atoms with Crippen LogP contribution in [-0.2, 0) is 6.42 Å². The zero-order valence-corrected chi connectivity index (χ0v) is 13.0. The van der Waals surface area contributed by atoms with Crippen LogP contribution in [0, 0.1) is 0 Å². The molecule has 5 nitrogen and oxygen atoms in total. The zero-order valence-electron chi connectivity index (χ0n) is 13.0. The Bertz CT molecular complexity index is 593. The lowest BCUT2D eigenvalue weighted by atomic mass is 10.0. The Kier molecular flexibility index (Phi) is 4.85. The second-order valence-corrected chi connectivity index (χ2v) is 5.30. The van der Waals surface area contributed by atoms with E-state index in [1.54, 1.807) is 14.2 Å². The number of nitrogens with two attached hydrogens (primary N) is 1. The second-order valence-electron chi connectivity index (χ2n) is 5.30. The van der Waals surface area contributed by atoms with E-state index in [1.165, 1.54) is 0 Å². The van der Waals surface area contributed by atoms with Crippen LogP contribution in [0.25, 0.3) is 0 Å². The van der Waals surface area contributed by atoms with Gasteiger partial charge in [0.05, 0.1) is 19.9 Å². The molecule has 0 aliphatic carbocycles. The summed E-state index contributed by atoms with van der Waals surface area (Å²) in [7, 11) is 3.28. The van der Waals surface area contributed by atoms with Crippen molar-refractivity contribution in [2.75, 3.05) is 14.2 Å². The fourth-order valence-corrected chi connectivity index (χ4v) is 2.24. The van der Waals surface area contributed by atoms with Crippen molar-refractivity contribution < 1.29 is 9.47 Å². The summed E-state index contributed by atoms with van der Waals surface area (Å²) in [5, 5.41) is 4.54. The van der Waals surface area contributed by atoms with Gasteiger partial charge in [-0.2, -0.15) is 5.10 Å². The predicted molar refractivity (Wildman–Crippen MR) is 82.8 cm³/mol. The number of methoxy groups -OCH3 is 2. The van der Waals surface area contributed by atoms with E-state index in [4.69, 9.17) is 15.2 Å². The second kappa shape index (κ2) is 6.63. The van der Waals surface area contributed by atoms with Crippen LogP contribution in [-0.4, -0.2) is 24.0 Å². The van der Waals surface area contributed by atoms with Gasteiger partial charge in [0.1, 0.15) is 11.5 Å². The van der Waals surface area contributed by atoms with Crippen LogP contribution < -0.4 is 15.2 Å². The van der Waals surface area contributed by atoms with Gasteiger partial charge in [0.25, 0.3) is 0 Å². The highest BCUT2D eigenvalue weighted by molar-refractivity contribution is 5.42. The molecular formula is C16H23N3O2. The third-order valence-corrected chi connectivity index (χ3v) is 3.46. The van der Waals surface area contributed by atoms with E-state index < -0.39 is 0 Å². The van der Waals surface area contributed by atoms with Crippen molar-refractivity contribution >= 4 is 0 Å². The monoisotopic (exact) mass is 289 g/mol. The first-order valence-corrected chi connectivity index (χ1v) is 7.06. The lowest BCUT2D eigenvalue weighted by Crippen LogP contribution is -2.15. The van der Waals surface area contributed by atoms with Gasteiger partial charge in [-0.25, -0.2) is 0 Å². The maximum atomic E-state index is 6.33. The van der Waals surface area contributed by atoms with Gasteiger partial charge in [-0.15, -0.1) is 0 Å². The smallest absolute Gasteiger partial charge is 0.123 e. The summed E-state index contributed by atoms with van der Waals surface area (Å²) in [4.78, 5) is 0. The molecule has 0 bridgehead atoms. The summed E-state index contributed by atoms with van der Waals surface area (Å²) in [5.41, 5.74) is 8.23. The van der Waals surface area contributed by atoms with Crippen molar-refractivity contribution in [3.63, 3.8) is 0 Å². The fraction of sp³-hybridized carbons (Fsp3) is 0.438. The topological polar surface area (TPSA) is 62.3 Å². The molecule has 0 saturated heterocycles. The van der Waals surface area contributed by atoms with Gasteiger partial charge in [0, 0.05) is 30.3 Å². The van der Waals surface area contributed by atoms with Crippen LogP contribution in [0.1, 0.15) is 37.2 Å². The summed E-state index contributed by atoms with van der Waals surface area (Å²) in [5.74, 6) is 1.54. The Balaban J connectivity index is 2.20. The molecule has 0 amide bonds. The molecule has 0 aliphatic heterocycles. The van der Waals surface area contributed by atoms with Crippen LogP contribution in [0.5, 0.6) is 11.5 Å². The Morgan fingerprint density at radius 3 is 2.52 bits per heavy atom. The van der Waals surface area contributed by atoms with E-state index in [0.29, 0.717) is 12.5 Å². The first-order valence-electron chi connectivity index (χ1n) is 7.06. The summed E-state index contributed by atoms with van der Waals surface area (Å²) in [6.07, 6.45) is 2.64. The quantitative estimate of drug-likeness (QED) is 0.888. The molecule has 1 unspecified atom stereocenters. The minimum absolute atomic E-state index is 0.189. The standard InChI is InChI=1S/C16H23N3O2/c1-11(2)19-8-7-12(18-19)9-15(17)14-10-13(20-3)5-6-16(14)21-4/h5-8,10-11,15H,9,17H2,1-4H3. The summed E-state index contributed by atoms with van der Waals surface area (Å²) in [6.45, 7) is 4.20. The number of aromatic nitrogens is 2. The van der Waals surface area contributed by atoms with Gasteiger partial charge in [0.15, 0.2) is 0 Å². The maximum absolute atomic E-state index is 6.33. The molecule has 21 heavy (non-hydrogen) atoms. The molecule has 2 aromatic rings. The molecule has 1 aromatic carbocycles. The van der Waals surface area contributed by atoms with Crippen molar-refractivity contribution in [2.24, 2.45) is 5.73 Å². The van der Waals surface area contributed by atoms with Crippen molar-refractivity contribution in [1.82, 2.24) is 9.78 Å². The lowest BCUT2D eigenvalue weighted by molar-refractivity contribution is 0.395. The lowest BCUT2D eigenvalue weighted by Gasteiger charge is -2.16. The number of benzene rings is 1. The number of hydrogen-bond acceptors (Lipinski definition) is 4. The highest BCUT2D eigenvalue weighted by Crippen LogP contribution is 2.29. The SMILES string of the molecule is COc1ccc(OC)c(C(N)Cc2ccn(C(C)C)n2)c1. The Morgan fingerprint density at radius 2 is 1.95 bits per heavy atom. The van der Waals surface area contributed by atoms with E-state index in [9.17, 15) is 0 Å². The van der Waals surface area contributed by atoms with Crippen molar-refractivity contribution in [3.8, 4) is 11.5 Å². The number of nitrogens with zero attached hydrogens (tertiary/aromatic N) is 2. The van der Waals surface area contributed by atoms with Crippen LogP contribution in [0.2, 0.25) is 0 Å². The van der Waals surface area contributed by atoms with Crippen molar-refractivity contribution in [2.45, 2.75) is 32.4 Å². The molecule has 0 aliphatic rings. The Hall–Kier alpha value is -2.01. The summed E-state index contributed by atoms with van der Waals surface area (Å²) < 4.78 is 12.6. The molecule has 1 heterocycles. The van der Waals surface area contributed by atoms with Gasteiger partial charge in [-0.1, -0.05) is 0 Å². The summed E-state index contributed by atoms with van der Waals surface area (Å²) in [6, 6.07) is 7.82. The molecule has 1 atom stereocenters. The normalized spacial score (nSPS) is 12.5. The van der Waals surface area contributed by atoms with Gasteiger partial charge >= 0.3 is 0 Å². The minimum Gasteiger partial charge on any atom is -0.497 e. The maximum Gasteiger partial charge on any atom is 0.123 e. The van der Waals surface area contributed by atoms with E-state index >= 15 is 0 Å². The van der Waals surface area contributed by atoms with Crippen LogP contribution in [0.3, 0.4) is 0 Å². The van der Waals surface area contributed by atoms with Crippen LogP contribution in [0.15, 0.2) is 30.5 Å². The molecule has 2 N–H and O–H groups in total. The van der Waals surface area contributed by atoms with Crippen molar-refractivity contribution in [3.05, 3.63) is 41.7 Å². The first-order chi connectivity index (χ1) is 10.0.